The van der Waals surface area contributed by atoms with Gasteiger partial charge in [0, 0.05) is 43.7 Å². The van der Waals surface area contributed by atoms with Crippen molar-refractivity contribution in [1.29, 1.82) is 0 Å². The summed E-state index contributed by atoms with van der Waals surface area (Å²) >= 11 is 0. The van der Waals surface area contributed by atoms with Gasteiger partial charge < -0.3 is 37.9 Å². The highest BCUT2D eigenvalue weighted by atomic mass is 16.6. The van der Waals surface area contributed by atoms with Crippen LogP contribution in [0.25, 0.3) is 11.3 Å². The molecule has 5 rings (SSSR count). The van der Waals surface area contributed by atoms with E-state index in [0.29, 0.717) is 29.9 Å². The summed E-state index contributed by atoms with van der Waals surface area (Å²) in [5.74, 6) is -1.49. The summed E-state index contributed by atoms with van der Waals surface area (Å²) in [6.07, 6.45) is -1.75. The molecule has 0 unspecified atom stereocenters. The van der Waals surface area contributed by atoms with Crippen LogP contribution < -0.4 is 19.8 Å². The summed E-state index contributed by atoms with van der Waals surface area (Å²) < 4.78 is 40.5. The van der Waals surface area contributed by atoms with Crippen LogP contribution in [-0.4, -0.2) is 61.6 Å². The van der Waals surface area contributed by atoms with Crippen molar-refractivity contribution < 1.29 is 52.3 Å². The summed E-state index contributed by atoms with van der Waals surface area (Å²) in [4.78, 5) is 50.4. The van der Waals surface area contributed by atoms with Crippen LogP contribution in [0.3, 0.4) is 0 Å². The van der Waals surface area contributed by atoms with E-state index in [1.165, 1.54) is 35.0 Å². The fourth-order valence-corrected chi connectivity index (χ4v) is 8.52. The number of hydrogen-bond donors (Lipinski definition) is 1. The molecule has 1 aliphatic heterocycles. The van der Waals surface area contributed by atoms with Crippen molar-refractivity contribution >= 4 is 17.9 Å². The zero-order chi connectivity index (χ0) is 33.8. The molecule has 12 nitrogen and oxygen atoms in total. The second-order valence-corrected chi connectivity index (χ2v) is 13.3. The molecule has 1 aromatic heterocycles. The predicted molar refractivity (Wildman–Crippen MR) is 162 cm³/mol. The van der Waals surface area contributed by atoms with Crippen LogP contribution in [-0.2, 0) is 28.6 Å². The standard InChI is InChI=1S/C34H42O12/c1-17(35)42-16-33(5)25-15-27(44-19(3)37)34(6)30(32(25,4)12-11-26(33)43-18(2)36)29(38)28-24(46-34)14-22(45-31(28)39)20-9-10-21(40-7)23(13-20)41-8/h9-10,13-14,25-27,29-30,38H,11-12,15-16H2,1-8H3/t25-,26+,27+,29+,30-,32+,33+,34-/m1/s1. The largest absolute Gasteiger partial charge is 0.493 e. The summed E-state index contributed by atoms with van der Waals surface area (Å²) in [5, 5.41) is 12.2. The van der Waals surface area contributed by atoms with Gasteiger partial charge in [-0.15, -0.1) is 0 Å². The first kappa shape index (κ1) is 33.3. The summed E-state index contributed by atoms with van der Waals surface area (Å²) in [6.45, 7) is 9.52. The molecule has 0 spiro atoms. The van der Waals surface area contributed by atoms with Crippen molar-refractivity contribution in [1.82, 2.24) is 0 Å². The Balaban J connectivity index is 1.65. The van der Waals surface area contributed by atoms with Crippen molar-refractivity contribution in [3.05, 3.63) is 40.2 Å². The first-order valence-electron chi connectivity index (χ1n) is 15.3. The monoisotopic (exact) mass is 642 g/mol. The van der Waals surface area contributed by atoms with E-state index in [9.17, 15) is 24.3 Å². The van der Waals surface area contributed by atoms with Crippen LogP contribution in [0.4, 0.5) is 0 Å². The fourth-order valence-electron chi connectivity index (χ4n) is 8.52. The van der Waals surface area contributed by atoms with Gasteiger partial charge in [-0.05, 0) is 55.7 Å². The van der Waals surface area contributed by atoms with Crippen molar-refractivity contribution in [3.63, 3.8) is 0 Å². The molecule has 0 radical (unpaired) electrons. The Labute approximate surface area is 267 Å². The van der Waals surface area contributed by atoms with Gasteiger partial charge in [0.25, 0.3) is 0 Å². The fraction of sp³-hybridized carbons (Fsp3) is 0.588. The molecule has 2 fully saturated rings. The van der Waals surface area contributed by atoms with E-state index in [1.807, 2.05) is 13.8 Å². The molecule has 0 amide bonds. The number of carbonyl (C=O) groups is 3. The third-order valence-corrected chi connectivity index (χ3v) is 10.5. The van der Waals surface area contributed by atoms with Gasteiger partial charge in [0.1, 0.15) is 41.5 Å². The van der Waals surface area contributed by atoms with Gasteiger partial charge in [-0.3, -0.25) is 14.4 Å². The number of ether oxygens (including phenoxy) is 6. The minimum absolute atomic E-state index is 0.0426. The molecular weight excluding hydrogens is 600 g/mol. The van der Waals surface area contributed by atoms with Crippen LogP contribution in [0.5, 0.6) is 17.2 Å². The molecule has 2 aromatic rings. The highest BCUT2D eigenvalue weighted by Crippen LogP contribution is 2.67. The molecule has 12 heteroatoms. The van der Waals surface area contributed by atoms with Crippen molar-refractivity contribution in [2.45, 2.75) is 84.7 Å². The normalized spacial score (nSPS) is 32.8. The molecule has 2 saturated carbocycles. The zero-order valence-corrected chi connectivity index (χ0v) is 27.5. The molecule has 8 atom stereocenters. The first-order chi connectivity index (χ1) is 21.6. The topological polar surface area (TPSA) is 157 Å². The van der Waals surface area contributed by atoms with Gasteiger partial charge in [0.2, 0.25) is 0 Å². The SMILES string of the molecule is COc1ccc(-c2cc3c(c(=O)o2)[C@H](O)[C@@H]2[C@@]4(C)CC[C@H](OC(C)=O)[C@@](C)(COC(C)=O)[C@@H]4C[C@H](OC(C)=O)[C@@]2(C)O3)cc1OC. The van der Waals surface area contributed by atoms with Crippen molar-refractivity contribution in [3.8, 4) is 28.6 Å². The highest BCUT2D eigenvalue weighted by molar-refractivity contribution is 5.68. The Morgan fingerprint density at radius 2 is 1.59 bits per heavy atom. The van der Waals surface area contributed by atoms with Crippen LogP contribution in [0.15, 0.2) is 33.5 Å². The van der Waals surface area contributed by atoms with Gasteiger partial charge in [0.05, 0.1) is 20.3 Å². The Bertz CT molecular complexity index is 1600. The van der Waals surface area contributed by atoms with E-state index in [2.05, 4.69) is 0 Å². The van der Waals surface area contributed by atoms with Gasteiger partial charge in [-0.25, -0.2) is 4.79 Å². The van der Waals surface area contributed by atoms with E-state index in [-0.39, 0.29) is 30.1 Å². The Kier molecular flexibility index (Phi) is 8.65. The summed E-state index contributed by atoms with van der Waals surface area (Å²) in [7, 11) is 3.01. The molecular formula is C34H42O12. The van der Waals surface area contributed by atoms with Crippen LogP contribution >= 0.6 is 0 Å². The van der Waals surface area contributed by atoms with Gasteiger partial charge in [-0.1, -0.05) is 13.8 Å². The Morgan fingerprint density at radius 1 is 0.935 bits per heavy atom. The number of benzene rings is 1. The average Bonchev–Trinajstić information content (AvgIpc) is 2.97. The molecule has 46 heavy (non-hydrogen) atoms. The lowest BCUT2D eigenvalue weighted by Gasteiger charge is -2.66. The van der Waals surface area contributed by atoms with E-state index in [4.69, 9.17) is 32.8 Å². The van der Waals surface area contributed by atoms with Crippen LogP contribution in [0.1, 0.15) is 72.5 Å². The number of aliphatic hydroxyl groups excluding tert-OH is 1. The molecule has 3 aliphatic rings. The maximum atomic E-state index is 13.7. The van der Waals surface area contributed by atoms with Crippen molar-refractivity contribution in [2.75, 3.05) is 20.8 Å². The molecule has 0 bridgehead atoms. The molecule has 250 valence electrons. The maximum Gasteiger partial charge on any atom is 0.345 e. The number of hydrogen-bond acceptors (Lipinski definition) is 12. The second kappa shape index (κ2) is 11.9. The van der Waals surface area contributed by atoms with Gasteiger partial charge in [-0.2, -0.15) is 0 Å². The number of rotatable bonds is 7. The highest BCUT2D eigenvalue weighted by Gasteiger charge is 2.70. The minimum Gasteiger partial charge on any atom is -0.493 e. The third kappa shape index (κ3) is 5.40. The molecule has 1 aromatic carbocycles. The maximum absolute atomic E-state index is 13.7. The number of esters is 3. The Morgan fingerprint density at radius 3 is 2.20 bits per heavy atom. The number of carbonyl (C=O) groups excluding carboxylic acids is 3. The minimum atomic E-state index is -1.38. The third-order valence-electron chi connectivity index (χ3n) is 10.5. The number of aliphatic hydroxyl groups is 1. The smallest absolute Gasteiger partial charge is 0.345 e. The zero-order valence-electron chi connectivity index (χ0n) is 27.5. The summed E-state index contributed by atoms with van der Waals surface area (Å²) in [5.41, 5.74) is -3.28. The first-order valence-corrected chi connectivity index (χ1v) is 15.3. The number of fused-ring (bicyclic) bond motifs is 4. The lowest BCUT2D eigenvalue weighted by Crippen LogP contribution is -2.71. The molecule has 2 heterocycles. The van der Waals surface area contributed by atoms with E-state index in [0.717, 1.165) is 0 Å². The average molecular weight is 643 g/mol. The number of methoxy groups -OCH3 is 2. The quantitative estimate of drug-likeness (QED) is 0.336. The van der Waals surface area contributed by atoms with Crippen LogP contribution in [0, 0.1) is 22.7 Å². The molecule has 2 aliphatic carbocycles. The van der Waals surface area contributed by atoms with E-state index < -0.39 is 70.1 Å². The lowest BCUT2D eigenvalue weighted by atomic mass is 9.42. The predicted octanol–water partition coefficient (Wildman–Crippen LogP) is 4.38. The van der Waals surface area contributed by atoms with E-state index in [1.54, 1.807) is 31.2 Å². The second-order valence-electron chi connectivity index (χ2n) is 13.3. The summed E-state index contributed by atoms with van der Waals surface area (Å²) in [6, 6.07) is 6.59. The molecule has 0 saturated heterocycles. The van der Waals surface area contributed by atoms with Gasteiger partial charge >= 0.3 is 23.5 Å². The molecule has 1 N–H and O–H groups in total. The van der Waals surface area contributed by atoms with Crippen LogP contribution in [0.2, 0.25) is 0 Å². The van der Waals surface area contributed by atoms with E-state index >= 15 is 0 Å². The Hall–Kier alpha value is -4.06. The van der Waals surface area contributed by atoms with Crippen molar-refractivity contribution in [2.24, 2.45) is 22.7 Å². The lowest BCUT2D eigenvalue weighted by molar-refractivity contribution is -0.270. The van der Waals surface area contributed by atoms with Gasteiger partial charge in [0.15, 0.2) is 11.5 Å².